The van der Waals surface area contributed by atoms with E-state index < -0.39 is 0 Å². The summed E-state index contributed by atoms with van der Waals surface area (Å²) in [6, 6.07) is 0. The summed E-state index contributed by atoms with van der Waals surface area (Å²) in [6.45, 7) is 17.7. The van der Waals surface area contributed by atoms with Crippen LogP contribution in [0.4, 0.5) is 4.39 Å². The number of allylic oxidation sites excluding steroid dienone is 1. The molecule has 0 atom stereocenters. The molecule has 0 aliphatic heterocycles. The van der Waals surface area contributed by atoms with Crippen molar-refractivity contribution in [3.8, 4) is 0 Å². The average molecular weight is 190 g/mol. The summed E-state index contributed by atoms with van der Waals surface area (Å²) in [4.78, 5) is 0. The first kappa shape index (κ1) is 18.5. The van der Waals surface area contributed by atoms with Gasteiger partial charge in [-0.05, 0) is 11.8 Å². The predicted octanol–water partition coefficient (Wildman–Crippen LogP) is 5.35. The second kappa shape index (κ2) is 11.7. The molecule has 0 aromatic carbocycles. The van der Waals surface area contributed by atoms with Crippen LogP contribution in [0.2, 0.25) is 0 Å². The first-order chi connectivity index (χ1) is 5.83. The first-order valence-electron chi connectivity index (χ1n) is 5.16. The van der Waals surface area contributed by atoms with E-state index in [1.165, 1.54) is 6.42 Å². The van der Waals surface area contributed by atoms with E-state index >= 15 is 0 Å². The van der Waals surface area contributed by atoms with Gasteiger partial charge in [0.15, 0.2) is 0 Å². The Labute approximate surface area is 84.2 Å². The fourth-order valence-electron chi connectivity index (χ4n) is 0. The van der Waals surface area contributed by atoms with Crippen LogP contribution in [0.1, 0.15) is 61.3 Å². The molecule has 0 saturated heterocycles. The van der Waals surface area contributed by atoms with E-state index in [-0.39, 0.29) is 5.83 Å². The van der Waals surface area contributed by atoms with Crippen molar-refractivity contribution in [2.75, 3.05) is 0 Å². The predicted molar refractivity (Wildman–Crippen MR) is 61.6 cm³/mol. The third-order valence-electron chi connectivity index (χ3n) is 1.44. The minimum atomic E-state index is -0.245. The van der Waals surface area contributed by atoms with E-state index in [4.69, 9.17) is 0 Å². The van der Waals surface area contributed by atoms with Crippen molar-refractivity contribution >= 4 is 0 Å². The first-order valence-corrected chi connectivity index (χ1v) is 5.16. The van der Waals surface area contributed by atoms with Gasteiger partial charge in [-0.2, -0.15) is 0 Å². The monoisotopic (exact) mass is 190 g/mol. The molecule has 0 heterocycles. The topological polar surface area (TPSA) is 0 Å². The van der Waals surface area contributed by atoms with Crippen LogP contribution in [-0.2, 0) is 0 Å². The van der Waals surface area contributed by atoms with E-state index in [9.17, 15) is 4.39 Å². The molecule has 0 fully saturated rings. The molecular formula is C12H27F. The van der Waals surface area contributed by atoms with Crippen molar-refractivity contribution in [1.82, 2.24) is 0 Å². The lowest BCUT2D eigenvalue weighted by molar-refractivity contribution is 0.398. The molecule has 0 rings (SSSR count). The van der Waals surface area contributed by atoms with Gasteiger partial charge >= 0.3 is 0 Å². The van der Waals surface area contributed by atoms with Crippen LogP contribution in [0, 0.1) is 5.41 Å². The number of hydrogen-bond acceptors (Lipinski definition) is 0. The molecule has 0 aromatic heterocycles. The van der Waals surface area contributed by atoms with Gasteiger partial charge < -0.3 is 0 Å². The van der Waals surface area contributed by atoms with Gasteiger partial charge in [-0.25, -0.2) is 4.39 Å². The second-order valence-electron chi connectivity index (χ2n) is 3.79. The van der Waals surface area contributed by atoms with Gasteiger partial charge in [0.1, 0.15) is 0 Å². The van der Waals surface area contributed by atoms with Gasteiger partial charge in [0.2, 0.25) is 0 Å². The van der Waals surface area contributed by atoms with Crippen LogP contribution >= 0.6 is 0 Å². The van der Waals surface area contributed by atoms with Crippen LogP contribution < -0.4 is 0 Å². The van der Waals surface area contributed by atoms with Crippen LogP contribution in [0.25, 0.3) is 0 Å². The standard InChI is InChI=1S/C6H14.C4H7F.C2H6/c1-5-6(2,3)4;1-3-4(2)5;1-2/h5H2,1-4H3;2-3H2,1H3;1-2H3. The molecule has 0 radical (unpaired) electrons. The zero-order chi connectivity index (χ0) is 11.5. The van der Waals surface area contributed by atoms with Gasteiger partial charge in [-0.3, -0.25) is 0 Å². The molecule has 0 bridgehead atoms. The highest BCUT2D eigenvalue weighted by Crippen LogP contribution is 2.16. The van der Waals surface area contributed by atoms with Gasteiger partial charge in [-0.15, -0.1) is 0 Å². The molecule has 0 unspecified atom stereocenters. The summed E-state index contributed by atoms with van der Waals surface area (Å²) in [7, 11) is 0. The lowest BCUT2D eigenvalue weighted by Crippen LogP contribution is -2.00. The van der Waals surface area contributed by atoms with Gasteiger partial charge in [0.05, 0.1) is 5.83 Å². The van der Waals surface area contributed by atoms with Gasteiger partial charge in [0, 0.05) is 0 Å². The quantitative estimate of drug-likeness (QED) is 0.523. The molecule has 13 heavy (non-hydrogen) atoms. The molecule has 1 heteroatoms. The van der Waals surface area contributed by atoms with Crippen molar-refractivity contribution in [2.45, 2.75) is 61.3 Å². The summed E-state index contributed by atoms with van der Waals surface area (Å²) in [5.41, 5.74) is 0.542. The highest BCUT2D eigenvalue weighted by molar-refractivity contribution is 4.75. The van der Waals surface area contributed by atoms with Crippen molar-refractivity contribution in [3.05, 3.63) is 12.4 Å². The molecule has 0 N–H and O–H groups in total. The second-order valence-corrected chi connectivity index (χ2v) is 3.79. The van der Waals surface area contributed by atoms with E-state index in [0.29, 0.717) is 11.8 Å². The number of hydrogen-bond donors (Lipinski definition) is 0. The van der Waals surface area contributed by atoms with Crippen molar-refractivity contribution in [3.63, 3.8) is 0 Å². The summed E-state index contributed by atoms with van der Waals surface area (Å²) >= 11 is 0. The molecular weight excluding hydrogens is 163 g/mol. The summed E-state index contributed by atoms with van der Waals surface area (Å²) < 4.78 is 11.2. The summed E-state index contributed by atoms with van der Waals surface area (Å²) in [6.07, 6.45) is 1.72. The Morgan fingerprint density at radius 2 is 1.31 bits per heavy atom. The van der Waals surface area contributed by atoms with Gasteiger partial charge in [0.25, 0.3) is 0 Å². The third-order valence-corrected chi connectivity index (χ3v) is 1.44. The summed E-state index contributed by atoms with van der Waals surface area (Å²) in [5.74, 6) is -0.245. The molecule has 0 nitrogen and oxygen atoms in total. The number of rotatable bonds is 1. The molecule has 0 aliphatic carbocycles. The van der Waals surface area contributed by atoms with E-state index in [2.05, 4.69) is 34.3 Å². The Balaban J connectivity index is -0.000000131. The maximum absolute atomic E-state index is 11.2. The molecule has 0 amide bonds. The van der Waals surface area contributed by atoms with Crippen molar-refractivity contribution < 1.29 is 4.39 Å². The minimum absolute atomic E-state index is 0.245. The maximum atomic E-state index is 11.2. The zero-order valence-electron chi connectivity index (χ0n) is 10.5. The lowest BCUT2D eigenvalue weighted by Gasteiger charge is -2.12. The maximum Gasteiger partial charge on any atom is 0.0925 e. The smallest absolute Gasteiger partial charge is 0.0925 e. The van der Waals surface area contributed by atoms with Crippen LogP contribution in [0.15, 0.2) is 12.4 Å². The van der Waals surface area contributed by atoms with Crippen LogP contribution in [0.3, 0.4) is 0 Å². The molecule has 82 valence electrons. The molecule has 0 aromatic rings. The van der Waals surface area contributed by atoms with Crippen LogP contribution in [-0.4, -0.2) is 0 Å². The Morgan fingerprint density at radius 1 is 1.15 bits per heavy atom. The minimum Gasteiger partial charge on any atom is -0.212 e. The fourth-order valence-corrected chi connectivity index (χ4v) is 0. The van der Waals surface area contributed by atoms with Crippen LogP contribution in [0.5, 0.6) is 0 Å². The summed E-state index contributed by atoms with van der Waals surface area (Å²) in [5, 5.41) is 0. The third kappa shape index (κ3) is 50.0. The zero-order valence-corrected chi connectivity index (χ0v) is 10.5. The van der Waals surface area contributed by atoms with E-state index in [0.717, 1.165) is 0 Å². The van der Waals surface area contributed by atoms with Crippen molar-refractivity contribution in [1.29, 1.82) is 0 Å². The largest absolute Gasteiger partial charge is 0.212 e. The lowest BCUT2D eigenvalue weighted by atomic mass is 9.94. The van der Waals surface area contributed by atoms with E-state index in [1.54, 1.807) is 6.92 Å². The SMILES string of the molecule is C=C(F)CC.CC.CCC(C)(C)C. The van der Waals surface area contributed by atoms with Crippen molar-refractivity contribution in [2.24, 2.45) is 5.41 Å². The average Bonchev–Trinajstić information content (AvgIpc) is 2.08. The Hall–Kier alpha value is -0.330. The molecule has 0 aliphatic rings. The Kier molecular flexibility index (Phi) is 16.6. The molecule has 0 spiro atoms. The number of halogens is 1. The Bertz CT molecular complexity index is 98.2. The highest BCUT2D eigenvalue weighted by atomic mass is 19.1. The fraction of sp³-hybridized carbons (Fsp3) is 0.833. The molecule has 0 saturated carbocycles. The normalized spacial score (nSPS) is 8.92. The highest BCUT2D eigenvalue weighted by Gasteiger charge is 2.03. The van der Waals surface area contributed by atoms with Gasteiger partial charge in [-0.1, -0.05) is 61.5 Å². The van der Waals surface area contributed by atoms with E-state index in [1.807, 2.05) is 13.8 Å². The Morgan fingerprint density at radius 3 is 1.31 bits per heavy atom.